The quantitative estimate of drug-likeness (QED) is 0.0263. The summed E-state index contributed by atoms with van der Waals surface area (Å²) in [5, 5.41) is 0. The van der Waals surface area contributed by atoms with Crippen molar-refractivity contribution in [2.24, 2.45) is 0 Å². The summed E-state index contributed by atoms with van der Waals surface area (Å²) >= 11 is 0. The Bertz CT molecular complexity index is 973. The first-order valence-corrected chi connectivity index (χ1v) is 26.3. The smallest absolute Gasteiger partial charge is 0.306 e. The summed E-state index contributed by atoms with van der Waals surface area (Å²) in [6.45, 7) is 6.63. The van der Waals surface area contributed by atoms with Crippen LogP contribution in [0.4, 0.5) is 0 Å². The molecule has 0 aliphatic rings. The molecule has 0 spiro atoms. The van der Waals surface area contributed by atoms with Gasteiger partial charge >= 0.3 is 17.9 Å². The van der Waals surface area contributed by atoms with Crippen LogP contribution in [0.5, 0.6) is 0 Å². The lowest BCUT2D eigenvalue weighted by atomic mass is 10.1. The van der Waals surface area contributed by atoms with Crippen molar-refractivity contribution in [3.05, 3.63) is 24.3 Å². The van der Waals surface area contributed by atoms with Gasteiger partial charge in [0.2, 0.25) is 0 Å². The lowest BCUT2D eigenvalue weighted by Crippen LogP contribution is -2.30. The van der Waals surface area contributed by atoms with Gasteiger partial charge in [0, 0.05) is 19.3 Å². The Hall–Kier alpha value is -2.11. The highest BCUT2D eigenvalue weighted by atomic mass is 16.6. The molecule has 0 saturated carbocycles. The van der Waals surface area contributed by atoms with E-state index in [1.807, 2.05) is 0 Å². The molecule has 0 bridgehead atoms. The number of esters is 3. The Morgan fingerprint density at radius 2 is 0.550 bits per heavy atom. The minimum atomic E-state index is -0.772. The van der Waals surface area contributed by atoms with Crippen molar-refractivity contribution in [1.82, 2.24) is 0 Å². The zero-order chi connectivity index (χ0) is 43.7. The van der Waals surface area contributed by atoms with Crippen LogP contribution in [0.25, 0.3) is 0 Å². The van der Waals surface area contributed by atoms with E-state index in [4.69, 9.17) is 14.2 Å². The van der Waals surface area contributed by atoms with Crippen molar-refractivity contribution in [2.75, 3.05) is 13.2 Å². The Labute approximate surface area is 373 Å². The number of hydrogen-bond acceptors (Lipinski definition) is 6. The largest absolute Gasteiger partial charge is 0.462 e. The standard InChI is InChI=1S/C54H100O6/c1-4-7-10-13-16-19-22-24-26-27-29-30-32-35-38-41-44-47-53(56)59-50-51(49-58-52(55)46-43-40-37-34-21-18-15-12-9-6-3)60-54(57)48-45-42-39-36-33-31-28-25-23-20-17-14-11-8-5-2/h24-26,28,51H,4-23,27,29-50H2,1-3H3/b26-24-,28-25-/t51-/m1/s1. The first kappa shape index (κ1) is 57.9. The molecule has 0 aliphatic heterocycles. The SMILES string of the molecule is CCCCCCCC/C=C\CCCCCCCCCC(=O)OC[C@@H](COC(=O)CCCCCCCCCCCC)OC(=O)CCCCCCC/C=C\CCCCCCCC. The molecule has 0 aromatic carbocycles. The molecule has 352 valence electrons. The molecule has 0 rings (SSSR count). The van der Waals surface area contributed by atoms with Gasteiger partial charge in [0.15, 0.2) is 6.10 Å². The van der Waals surface area contributed by atoms with Gasteiger partial charge in [-0.2, -0.15) is 0 Å². The highest BCUT2D eigenvalue weighted by molar-refractivity contribution is 5.71. The molecular formula is C54H100O6. The van der Waals surface area contributed by atoms with Gasteiger partial charge in [-0.3, -0.25) is 14.4 Å². The maximum absolute atomic E-state index is 12.8. The highest BCUT2D eigenvalue weighted by Gasteiger charge is 2.19. The monoisotopic (exact) mass is 845 g/mol. The molecule has 60 heavy (non-hydrogen) atoms. The molecule has 0 heterocycles. The number of rotatable bonds is 48. The second-order valence-corrected chi connectivity index (χ2v) is 17.8. The minimum Gasteiger partial charge on any atom is -0.462 e. The second kappa shape index (κ2) is 49.5. The number of allylic oxidation sites excluding steroid dienone is 4. The summed E-state index contributed by atoms with van der Waals surface area (Å²) < 4.78 is 16.8. The van der Waals surface area contributed by atoms with Gasteiger partial charge in [-0.1, -0.05) is 218 Å². The fraction of sp³-hybridized carbons (Fsp3) is 0.870. The van der Waals surface area contributed by atoms with Crippen LogP contribution in [0.3, 0.4) is 0 Å². The topological polar surface area (TPSA) is 78.9 Å². The molecule has 1 atom stereocenters. The molecule has 0 aliphatic carbocycles. The highest BCUT2D eigenvalue weighted by Crippen LogP contribution is 2.15. The van der Waals surface area contributed by atoms with Crippen LogP contribution in [-0.4, -0.2) is 37.2 Å². The number of ether oxygens (including phenoxy) is 3. The average Bonchev–Trinajstić information content (AvgIpc) is 3.24. The third-order valence-corrected chi connectivity index (χ3v) is 11.7. The van der Waals surface area contributed by atoms with Gasteiger partial charge in [-0.25, -0.2) is 0 Å². The number of carbonyl (C=O) groups is 3. The fourth-order valence-corrected chi connectivity index (χ4v) is 7.67. The molecule has 6 nitrogen and oxygen atoms in total. The minimum absolute atomic E-state index is 0.0725. The average molecular weight is 845 g/mol. The fourth-order valence-electron chi connectivity index (χ4n) is 7.67. The first-order chi connectivity index (χ1) is 29.5. The molecule has 0 amide bonds. The van der Waals surface area contributed by atoms with Gasteiger partial charge in [0.05, 0.1) is 0 Å². The van der Waals surface area contributed by atoms with Gasteiger partial charge in [0.25, 0.3) is 0 Å². The van der Waals surface area contributed by atoms with Crippen LogP contribution in [0, 0.1) is 0 Å². The molecule has 0 N–H and O–H groups in total. The van der Waals surface area contributed by atoms with Crippen molar-refractivity contribution in [3.8, 4) is 0 Å². The predicted octanol–water partition coefficient (Wildman–Crippen LogP) is 17.2. The molecule has 0 saturated heterocycles. The molecule has 0 aromatic heterocycles. The second-order valence-electron chi connectivity index (χ2n) is 17.8. The van der Waals surface area contributed by atoms with Gasteiger partial charge in [-0.15, -0.1) is 0 Å². The summed E-state index contributed by atoms with van der Waals surface area (Å²) in [7, 11) is 0. The van der Waals surface area contributed by atoms with Gasteiger partial charge in [-0.05, 0) is 70.6 Å². The van der Waals surface area contributed by atoms with Crippen LogP contribution in [0.1, 0.15) is 284 Å². The van der Waals surface area contributed by atoms with Crippen molar-refractivity contribution in [1.29, 1.82) is 0 Å². The number of unbranched alkanes of at least 4 members (excludes halogenated alkanes) is 33. The third kappa shape index (κ3) is 46.9. The molecule has 6 heteroatoms. The van der Waals surface area contributed by atoms with E-state index in [1.165, 1.54) is 180 Å². The van der Waals surface area contributed by atoms with Gasteiger partial charge in [0.1, 0.15) is 13.2 Å². The Kier molecular flexibility index (Phi) is 47.8. The van der Waals surface area contributed by atoms with Crippen LogP contribution >= 0.6 is 0 Å². The van der Waals surface area contributed by atoms with E-state index in [2.05, 4.69) is 45.1 Å². The predicted molar refractivity (Wildman–Crippen MR) is 256 cm³/mol. The lowest BCUT2D eigenvalue weighted by molar-refractivity contribution is -0.167. The van der Waals surface area contributed by atoms with E-state index in [9.17, 15) is 14.4 Å². The molecule has 0 radical (unpaired) electrons. The summed E-state index contributed by atoms with van der Waals surface area (Å²) in [5.41, 5.74) is 0. The molecule has 0 aromatic rings. The Morgan fingerprint density at radius 1 is 0.317 bits per heavy atom. The van der Waals surface area contributed by atoms with Crippen molar-refractivity contribution in [3.63, 3.8) is 0 Å². The maximum atomic E-state index is 12.8. The van der Waals surface area contributed by atoms with E-state index in [1.54, 1.807) is 0 Å². The van der Waals surface area contributed by atoms with Crippen molar-refractivity contribution >= 4 is 17.9 Å². The third-order valence-electron chi connectivity index (χ3n) is 11.7. The number of hydrogen-bond donors (Lipinski definition) is 0. The van der Waals surface area contributed by atoms with Crippen LogP contribution < -0.4 is 0 Å². The van der Waals surface area contributed by atoms with Crippen LogP contribution in [0.15, 0.2) is 24.3 Å². The molecule has 0 fully saturated rings. The first-order valence-electron chi connectivity index (χ1n) is 26.3. The Balaban J connectivity index is 4.32. The summed E-state index contributed by atoms with van der Waals surface area (Å²) in [5.74, 6) is -0.875. The molecular weight excluding hydrogens is 745 g/mol. The zero-order valence-electron chi connectivity index (χ0n) is 40.2. The summed E-state index contributed by atoms with van der Waals surface area (Å²) in [4.78, 5) is 37.9. The zero-order valence-corrected chi connectivity index (χ0v) is 40.2. The Morgan fingerprint density at radius 3 is 0.833 bits per heavy atom. The van der Waals surface area contributed by atoms with E-state index in [0.29, 0.717) is 19.3 Å². The van der Waals surface area contributed by atoms with E-state index >= 15 is 0 Å². The lowest BCUT2D eigenvalue weighted by Gasteiger charge is -2.18. The molecule has 0 unspecified atom stereocenters. The summed E-state index contributed by atoms with van der Waals surface area (Å²) in [6.07, 6.45) is 55.9. The van der Waals surface area contributed by atoms with E-state index in [0.717, 1.165) is 64.2 Å². The normalized spacial score (nSPS) is 12.1. The maximum Gasteiger partial charge on any atom is 0.306 e. The van der Waals surface area contributed by atoms with Crippen molar-refractivity contribution in [2.45, 2.75) is 290 Å². The van der Waals surface area contributed by atoms with Crippen molar-refractivity contribution < 1.29 is 28.6 Å². The number of carbonyl (C=O) groups excluding carboxylic acids is 3. The summed E-state index contributed by atoms with van der Waals surface area (Å²) in [6, 6.07) is 0. The van der Waals surface area contributed by atoms with E-state index in [-0.39, 0.29) is 31.1 Å². The van der Waals surface area contributed by atoms with Gasteiger partial charge < -0.3 is 14.2 Å². The van der Waals surface area contributed by atoms with E-state index < -0.39 is 6.10 Å². The van der Waals surface area contributed by atoms with Crippen LogP contribution in [-0.2, 0) is 28.6 Å². The van der Waals surface area contributed by atoms with Crippen LogP contribution in [0.2, 0.25) is 0 Å².